The molecule has 3 rings (SSSR count). The number of nitro benzene ring substituents is 2. The summed E-state index contributed by atoms with van der Waals surface area (Å²) < 4.78 is 6.13. The summed E-state index contributed by atoms with van der Waals surface area (Å²) in [7, 11) is 0. The summed E-state index contributed by atoms with van der Waals surface area (Å²) in [5, 5.41) is 25.3. The van der Waals surface area contributed by atoms with Crippen LogP contribution in [0, 0.1) is 20.2 Å². The number of hydrazone groups is 1. The Morgan fingerprint density at radius 2 is 1.70 bits per heavy atom. The molecule has 0 unspecified atom stereocenters. The van der Waals surface area contributed by atoms with Gasteiger partial charge in [0.05, 0.1) is 22.5 Å². The van der Waals surface area contributed by atoms with Crippen LogP contribution in [0.4, 0.5) is 11.4 Å². The first-order chi connectivity index (χ1) is 14.3. The molecule has 1 heterocycles. The maximum Gasteiger partial charge on any atom is 0.270 e. The Morgan fingerprint density at radius 3 is 2.33 bits per heavy atom. The van der Waals surface area contributed by atoms with Gasteiger partial charge in [0.25, 0.3) is 11.4 Å². The zero-order valence-electron chi connectivity index (χ0n) is 15.1. The summed E-state index contributed by atoms with van der Waals surface area (Å²) in [4.78, 5) is 32.4. The van der Waals surface area contributed by atoms with Gasteiger partial charge in [-0.15, -0.1) is 0 Å². The molecule has 0 saturated heterocycles. The van der Waals surface area contributed by atoms with Crippen LogP contribution < -0.4 is 5.43 Å². The second-order valence-corrected chi connectivity index (χ2v) is 6.87. The molecule has 2 aromatic carbocycles. The van der Waals surface area contributed by atoms with Crippen molar-refractivity contribution in [2.45, 2.75) is 6.42 Å². The van der Waals surface area contributed by atoms with Gasteiger partial charge in [-0.1, -0.05) is 12.1 Å². The van der Waals surface area contributed by atoms with E-state index in [4.69, 9.17) is 4.42 Å². The number of nitrogens with zero attached hydrogens (tertiary/aromatic N) is 3. The fourth-order valence-electron chi connectivity index (χ4n) is 2.51. The first-order valence-corrected chi connectivity index (χ1v) is 9.22. The van der Waals surface area contributed by atoms with Gasteiger partial charge in [-0.05, 0) is 39.7 Å². The van der Waals surface area contributed by atoms with Gasteiger partial charge < -0.3 is 4.42 Å². The Bertz CT molecular complexity index is 1140. The van der Waals surface area contributed by atoms with Crippen LogP contribution in [0.25, 0.3) is 11.3 Å². The number of nitrogens with one attached hydrogen (secondary N) is 1. The van der Waals surface area contributed by atoms with Gasteiger partial charge in [0.2, 0.25) is 5.91 Å². The van der Waals surface area contributed by atoms with Gasteiger partial charge in [0, 0.05) is 34.3 Å². The topological polar surface area (TPSA) is 141 Å². The third-order valence-electron chi connectivity index (χ3n) is 3.95. The van der Waals surface area contributed by atoms with Crippen molar-refractivity contribution in [3.8, 4) is 11.3 Å². The highest BCUT2D eigenvalue weighted by Crippen LogP contribution is 2.32. The number of hydrogen-bond acceptors (Lipinski definition) is 7. The molecule has 11 heteroatoms. The predicted molar refractivity (Wildman–Crippen MR) is 111 cm³/mol. The van der Waals surface area contributed by atoms with Crippen LogP contribution in [-0.2, 0) is 11.2 Å². The first-order valence-electron chi connectivity index (χ1n) is 8.43. The predicted octanol–water partition coefficient (Wildman–Crippen LogP) is 4.22. The minimum atomic E-state index is -0.513. The highest BCUT2D eigenvalue weighted by atomic mass is 79.9. The van der Waals surface area contributed by atoms with Crippen molar-refractivity contribution >= 4 is 39.4 Å². The molecule has 0 aliphatic heterocycles. The van der Waals surface area contributed by atoms with Crippen LogP contribution in [0.1, 0.15) is 11.3 Å². The fourth-order valence-corrected chi connectivity index (χ4v) is 3.07. The molecule has 0 bridgehead atoms. The summed E-state index contributed by atoms with van der Waals surface area (Å²) in [6.07, 6.45) is 1.32. The minimum Gasteiger partial charge on any atom is -0.455 e. The van der Waals surface area contributed by atoms with Crippen molar-refractivity contribution in [3.05, 3.63) is 90.6 Å². The molecule has 0 radical (unpaired) electrons. The molecule has 0 aliphatic carbocycles. The van der Waals surface area contributed by atoms with Crippen molar-refractivity contribution < 1.29 is 19.1 Å². The number of halogens is 1. The smallest absolute Gasteiger partial charge is 0.270 e. The SMILES string of the molecule is O=C(Cc1ccc([N+](=O)[O-])cc1)N/N=C\c1ccc(-c2ccc([N+](=O)[O-])cc2Br)o1. The quantitative estimate of drug-likeness (QED) is 0.310. The van der Waals surface area contributed by atoms with E-state index >= 15 is 0 Å². The Kier molecular flexibility index (Phi) is 6.32. The molecule has 152 valence electrons. The molecule has 3 aromatic rings. The van der Waals surface area contributed by atoms with E-state index in [9.17, 15) is 25.0 Å². The van der Waals surface area contributed by atoms with E-state index in [1.54, 1.807) is 18.2 Å². The molecular formula is C19H13BrN4O6. The lowest BCUT2D eigenvalue weighted by Crippen LogP contribution is -2.19. The lowest BCUT2D eigenvalue weighted by molar-refractivity contribution is -0.385. The Morgan fingerprint density at radius 1 is 1.03 bits per heavy atom. The van der Waals surface area contributed by atoms with Crippen molar-refractivity contribution in [2.24, 2.45) is 5.10 Å². The monoisotopic (exact) mass is 472 g/mol. The molecule has 1 aromatic heterocycles. The zero-order chi connectivity index (χ0) is 21.7. The van der Waals surface area contributed by atoms with Crippen molar-refractivity contribution in [1.29, 1.82) is 0 Å². The molecule has 0 atom stereocenters. The number of furan rings is 1. The summed E-state index contributed by atoms with van der Waals surface area (Å²) >= 11 is 3.28. The van der Waals surface area contributed by atoms with E-state index in [0.717, 1.165) is 0 Å². The third-order valence-corrected chi connectivity index (χ3v) is 4.60. The average Bonchev–Trinajstić information content (AvgIpc) is 3.16. The van der Waals surface area contributed by atoms with E-state index in [0.29, 0.717) is 27.1 Å². The molecule has 0 saturated carbocycles. The van der Waals surface area contributed by atoms with Crippen LogP contribution in [-0.4, -0.2) is 22.0 Å². The second-order valence-electron chi connectivity index (χ2n) is 6.02. The highest BCUT2D eigenvalue weighted by molar-refractivity contribution is 9.10. The van der Waals surface area contributed by atoms with Gasteiger partial charge in [-0.25, -0.2) is 5.43 Å². The summed E-state index contributed by atoms with van der Waals surface area (Å²) in [6.45, 7) is 0. The van der Waals surface area contributed by atoms with Crippen LogP contribution in [0.15, 0.2) is 68.6 Å². The normalized spacial score (nSPS) is 10.8. The molecule has 0 fully saturated rings. The molecule has 0 spiro atoms. The van der Waals surface area contributed by atoms with E-state index in [-0.39, 0.29) is 17.8 Å². The van der Waals surface area contributed by atoms with Gasteiger partial charge >= 0.3 is 0 Å². The zero-order valence-corrected chi connectivity index (χ0v) is 16.7. The Labute approximate surface area is 177 Å². The van der Waals surface area contributed by atoms with Crippen LogP contribution >= 0.6 is 15.9 Å². The molecule has 10 nitrogen and oxygen atoms in total. The number of carbonyl (C=O) groups excluding carboxylic acids is 1. The Balaban J connectivity index is 1.59. The fraction of sp³-hybridized carbons (Fsp3) is 0.0526. The maximum absolute atomic E-state index is 11.9. The molecule has 1 amide bonds. The van der Waals surface area contributed by atoms with Gasteiger partial charge in [0.15, 0.2) is 0 Å². The van der Waals surface area contributed by atoms with E-state index < -0.39 is 15.8 Å². The molecule has 30 heavy (non-hydrogen) atoms. The lowest BCUT2D eigenvalue weighted by atomic mass is 10.1. The number of rotatable bonds is 7. The van der Waals surface area contributed by atoms with E-state index in [1.807, 2.05) is 0 Å². The van der Waals surface area contributed by atoms with Gasteiger partial charge in [-0.3, -0.25) is 25.0 Å². The summed E-state index contributed by atoms with van der Waals surface area (Å²) in [6, 6.07) is 13.3. The van der Waals surface area contributed by atoms with Crippen LogP contribution in [0.5, 0.6) is 0 Å². The molecular weight excluding hydrogens is 460 g/mol. The van der Waals surface area contributed by atoms with Crippen LogP contribution in [0.2, 0.25) is 0 Å². The average molecular weight is 473 g/mol. The first kappa shape index (κ1) is 20.9. The number of benzene rings is 2. The third kappa shape index (κ3) is 5.14. The lowest BCUT2D eigenvalue weighted by Gasteiger charge is -2.01. The number of carbonyl (C=O) groups is 1. The largest absolute Gasteiger partial charge is 0.455 e. The number of nitro groups is 2. The molecule has 0 aliphatic rings. The van der Waals surface area contributed by atoms with Gasteiger partial charge in [-0.2, -0.15) is 5.10 Å². The summed E-state index contributed by atoms with van der Waals surface area (Å²) in [5.74, 6) is 0.436. The Hall–Kier alpha value is -3.86. The van der Waals surface area contributed by atoms with Crippen LogP contribution in [0.3, 0.4) is 0 Å². The maximum atomic E-state index is 11.9. The highest BCUT2D eigenvalue weighted by Gasteiger charge is 2.13. The summed E-state index contributed by atoms with van der Waals surface area (Å²) in [5.41, 5.74) is 3.49. The minimum absolute atomic E-state index is 0.00841. The van der Waals surface area contributed by atoms with E-state index in [2.05, 4.69) is 26.5 Å². The van der Waals surface area contributed by atoms with Crippen molar-refractivity contribution in [3.63, 3.8) is 0 Å². The standard InChI is InChI=1S/C19H13BrN4O6/c20-17-10-14(24(28)29)5-7-16(17)18-8-6-15(30-18)11-21-22-19(25)9-12-1-3-13(4-2-12)23(26)27/h1-8,10-11H,9H2,(H,22,25)/b21-11-. The number of amides is 1. The number of non-ortho nitro benzene ring substituents is 2. The molecule has 1 N–H and O–H groups in total. The number of hydrogen-bond donors (Lipinski definition) is 1. The van der Waals surface area contributed by atoms with E-state index in [1.165, 1.54) is 42.6 Å². The second kappa shape index (κ2) is 9.09. The van der Waals surface area contributed by atoms with Crippen molar-refractivity contribution in [1.82, 2.24) is 5.43 Å². The van der Waals surface area contributed by atoms with Crippen molar-refractivity contribution in [2.75, 3.05) is 0 Å². The van der Waals surface area contributed by atoms with Gasteiger partial charge in [0.1, 0.15) is 11.5 Å².